The lowest BCUT2D eigenvalue weighted by Gasteiger charge is -2.59. The van der Waals surface area contributed by atoms with Gasteiger partial charge in [-0.25, -0.2) is 9.59 Å². The van der Waals surface area contributed by atoms with Crippen LogP contribution in [0.25, 0.3) is 0 Å². The van der Waals surface area contributed by atoms with Gasteiger partial charge in [-0.15, -0.1) is 0 Å². The number of likely N-dealkylation sites (N-methyl/N-ethyl adjacent to an activating group) is 1. The highest BCUT2D eigenvalue weighted by Crippen LogP contribution is 2.51. The number of Topliss-reactive ketones (excluding diaryl/α,β-unsaturated/α-hetero) is 1. The normalized spacial score (nSPS) is 38.2. The zero-order valence-electron chi connectivity index (χ0n) is 31.8. The average molecular weight is 778 g/mol. The number of anilines is 1. The number of ether oxygens (including phenoxy) is 6. The number of benzene rings is 1. The SMILES string of the molecule is COc1cc2cc(c1Cl)N1CC(=O)C(C)(O)C(=O)N(C)[C@@H](C)C(=O)O[C@@H](CC1=O)[C@@]1(C)CC(C)(O1)[C@@H]1C[C@@](O)(NC(=O)O1)[C@H](OC)/C=C/C=C(\C)C2OC. The van der Waals surface area contributed by atoms with Crippen molar-refractivity contribution < 1.29 is 62.6 Å². The Bertz CT molecular complexity index is 1770. The fourth-order valence-electron chi connectivity index (χ4n) is 7.62. The molecule has 1 aromatic rings. The summed E-state index contributed by atoms with van der Waals surface area (Å²) in [5, 5.41) is 25.5. The van der Waals surface area contributed by atoms with Crippen LogP contribution in [0.4, 0.5) is 10.5 Å². The fraction of sp³-hybridized carbons (Fsp3) is 0.595. The molecule has 0 aliphatic carbocycles. The Morgan fingerprint density at radius 2 is 1.63 bits per heavy atom. The Labute approximate surface area is 318 Å². The topological polar surface area (TPSA) is 200 Å². The Morgan fingerprint density at radius 1 is 0.981 bits per heavy atom. The molecule has 0 aromatic heterocycles. The quantitative estimate of drug-likeness (QED) is 0.299. The molecular weight excluding hydrogens is 730 g/mol. The molecule has 54 heavy (non-hydrogen) atoms. The summed E-state index contributed by atoms with van der Waals surface area (Å²) in [4.78, 5) is 70.5. The number of carbonyl (C=O) groups excluding carboxylic acids is 5. The van der Waals surface area contributed by atoms with E-state index in [0.29, 0.717) is 11.1 Å². The maximum atomic E-state index is 14.6. The van der Waals surface area contributed by atoms with E-state index in [1.54, 1.807) is 45.1 Å². The highest BCUT2D eigenvalue weighted by Gasteiger charge is 2.63. The van der Waals surface area contributed by atoms with E-state index in [4.69, 9.17) is 40.0 Å². The number of aliphatic hydroxyl groups is 2. The standard InChI is InChI=1S/C37H48ClN3O13/c1-19-11-10-12-25(50-8)37(48)16-27(53-33(46)39-37)35(4)18-34(3,54-35)26-15-28(43)41(22-13-21(30(19)51-9)14-23(49-7)29(22)38)17-24(42)36(5,47)32(45)40(6)20(2)31(44)52-26/h10-14,20,25-27,30,47-48H,15-18H2,1-9H3,(H,39,46)/b12-10+,19-11+/t20-,25+,26-,27-,30?,34+,35?,36?,37-/m0/s1. The van der Waals surface area contributed by atoms with Gasteiger partial charge in [-0.05, 0) is 57.9 Å². The van der Waals surface area contributed by atoms with E-state index in [9.17, 15) is 34.2 Å². The van der Waals surface area contributed by atoms with Crippen LogP contribution < -0.4 is 15.0 Å². The van der Waals surface area contributed by atoms with Crippen LogP contribution in [-0.2, 0) is 42.9 Å². The van der Waals surface area contributed by atoms with E-state index in [0.717, 1.165) is 16.7 Å². The number of nitrogens with zero attached hydrogens (tertiary/aromatic N) is 2. The predicted molar refractivity (Wildman–Crippen MR) is 192 cm³/mol. The first-order chi connectivity index (χ1) is 25.1. The molecule has 3 unspecified atom stereocenters. The molecule has 8 bridgehead atoms. The lowest BCUT2D eigenvalue weighted by Crippen LogP contribution is -2.73. The molecule has 5 heterocycles. The lowest BCUT2D eigenvalue weighted by molar-refractivity contribution is -0.328. The van der Waals surface area contributed by atoms with Gasteiger partial charge in [0, 0.05) is 34.1 Å². The van der Waals surface area contributed by atoms with Crippen molar-refractivity contribution in [1.82, 2.24) is 10.2 Å². The minimum Gasteiger partial charge on any atom is -0.495 e. The maximum absolute atomic E-state index is 14.6. The van der Waals surface area contributed by atoms with Crippen LogP contribution in [0.3, 0.4) is 0 Å². The number of amides is 3. The molecule has 16 nitrogen and oxygen atoms in total. The molecule has 5 aliphatic heterocycles. The summed E-state index contributed by atoms with van der Waals surface area (Å²) in [6, 6.07) is 1.81. The minimum absolute atomic E-state index is 0.0160. The van der Waals surface area contributed by atoms with Crippen molar-refractivity contribution >= 4 is 46.9 Å². The van der Waals surface area contributed by atoms with Gasteiger partial charge in [0.2, 0.25) is 11.5 Å². The molecule has 3 amide bonds. The number of hydrogen-bond acceptors (Lipinski definition) is 13. The summed E-state index contributed by atoms with van der Waals surface area (Å²) in [7, 11) is 5.44. The van der Waals surface area contributed by atoms with Gasteiger partial charge in [-0.1, -0.05) is 29.8 Å². The molecule has 296 valence electrons. The summed E-state index contributed by atoms with van der Waals surface area (Å²) in [5.41, 5.74) is -6.20. The number of halogens is 1. The maximum Gasteiger partial charge on any atom is 0.409 e. The molecule has 0 saturated carbocycles. The van der Waals surface area contributed by atoms with E-state index in [1.807, 2.05) is 0 Å². The summed E-state index contributed by atoms with van der Waals surface area (Å²) in [5.74, 6) is -3.77. The Kier molecular flexibility index (Phi) is 11.3. The third-order valence-electron chi connectivity index (χ3n) is 10.9. The highest BCUT2D eigenvalue weighted by atomic mass is 35.5. The molecule has 17 heteroatoms. The van der Waals surface area contributed by atoms with Gasteiger partial charge in [0.1, 0.15) is 52.4 Å². The number of ketones is 1. The summed E-state index contributed by atoms with van der Waals surface area (Å²) in [6.45, 7) is 6.56. The van der Waals surface area contributed by atoms with E-state index in [2.05, 4.69) is 5.32 Å². The van der Waals surface area contributed by atoms with Crippen molar-refractivity contribution in [2.24, 2.45) is 0 Å². The first-order valence-corrected chi connectivity index (χ1v) is 17.8. The largest absolute Gasteiger partial charge is 0.495 e. The molecule has 9 atom stereocenters. The zero-order chi connectivity index (χ0) is 40.1. The third-order valence-corrected chi connectivity index (χ3v) is 11.3. The van der Waals surface area contributed by atoms with Crippen molar-refractivity contribution in [3.05, 3.63) is 46.5 Å². The van der Waals surface area contributed by atoms with E-state index < -0.39 is 95.6 Å². The molecule has 1 aromatic carbocycles. The number of rotatable bonds is 3. The van der Waals surface area contributed by atoms with Gasteiger partial charge in [0.25, 0.3) is 5.91 Å². The molecule has 3 fully saturated rings. The van der Waals surface area contributed by atoms with Crippen molar-refractivity contribution in [2.45, 2.75) is 107 Å². The fourth-order valence-corrected chi connectivity index (χ4v) is 7.91. The van der Waals surface area contributed by atoms with E-state index >= 15 is 0 Å². The first-order valence-electron chi connectivity index (χ1n) is 17.4. The van der Waals surface area contributed by atoms with E-state index in [-0.39, 0.29) is 29.3 Å². The van der Waals surface area contributed by atoms with E-state index in [1.165, 1.54) is 41.4 Å². The van der Waals surface area contributed by atoms with Gasteiger partial charge in [-0.2, -0.15) is 0 Å². The van der Waals surface area contributed by atoms with Crippen LogP contribution in [0.2, 0.25) is 5.02 Å². The minimum atomic E-state index is -2.67. The Morgan fingerprint density at radius 3 is 2.24 bits per heavy atom. The van der Waals surface area contributed by atoms with Gasteiger partial charge in [0.15, 0.2) is 11.5 Å². The van der Waals surface area contributed by atoms with Crippen LogP contribution in [-0.4, -0.2) is 127 Å². The number of fused-ring (bicyclic) bond motifs is 3. The monoisotopic (exact) mass is 777 g/mol. The molecule has 6 rings (SSSR count). The molecule has 0 spiro atoms. The van der Waals surface area contributed by atoms with Crippen LogP contribution in [0.5, 0.6) is 5.75 Å². The summed E-state index contributed by atoms with van der Waals surface area (Å²) < 4.78 is 35.1. The van der Waals surface area contributed by atoms with Crippen molar-refractivity contribution in [1.29, 1.82) is 0 Å². The Hall–Kier alpha value is -4.06. The number of allylic oxidation sites excluding steroid dienone is 2. The number of methoxy groups -OCH3 is 3. The number of alkyl carbamates (subject to hydrolysis) is 1. The van der Waals surface area contributed by atoms with Crippen molar-refractivity contribution in [3.8, 4) is 5.75 Å². The predicted octanol–water partition coefficient (Wildman–Crippen LogP) is 2.51. The zero-order valence-corrected chi connectivity index (χ0v) is 32.5. The number of carbonyl (C=O) groups is 5. The number of esters is 1. The first kappa shape index (κ1) is 41.1. The van der Waals surface area contributed by atoms with Crippen LogP contribution >= 0.6 is 11.6 Å². The molecule has 3 N–H and O–H groups in total. The van der Waals surface area contributed by atoms with Gasteiger partial charge >= 0.3 is 12.1 Å². The number of nitrogens with one attached hydrogen (secondary N) is 1. The van der Waals surface area contributed by atoms with Gasteiger partial charge in [0.05, 0.1) is 25.8 Å². The molecule has 5 aliphatic rings. The van der Waals surface area contributed by atoms with Crippen LogP contribution in [0, 0.1) is 0 Å². The average Bonchev–Trinajstić information content (AvgIpc) is 3.09. The number of hydrogen-bond donors (Lipinski definition) is 3. The van der Waals surface area contributed by atoms with Crippen LogP contribution in [0.15, 0.2) is 35.9 Å². The second-order valence-electron chi connectivity index (χ2n) is 14.9. The molecular formula is C37H48ClN3O13. The Balaban J connectivity index is 1.74. The van der Waals surface area contributed by atoms with Crippen molar-refractivity contribution in [3.63, 3.8) is 0 Å². The van der Waals surface area contributed by atoms with Gasteiger partial charge < -0.3 is 48.4 Å². The lowest BCUT2D eigenvalue weighted by atomic mass is 9.72. The smallest absolute Gasteiger partial charge is 0.409 e. The summed E-state index contributed by atoms with van der Waals surface area (Å²) >= 11 is 6.85. The summed E-state index contributed by atoms with van der Waals surface area (Å²) in [6.07, 6.45) is -0.917. The van der Waals surface area contributed by atoms with Gasteiger partial charge in [-0.3, -0.25) is 19.7 Å². The van der Waals surface area contributed by atoms with Crippen LogP contribution in [0.1, 0.15) is 65.5 Å². The third kappa shape index (κ3) is 7.34. The molecule has 0 radical (unpaired) electrons. The second-order valence-corrected chi connectivity index (χ2v) is 15.3. The highest BCUT2D eigenvalue weighted by molar-refractivity contribution is 6.35. The second kappa shape index (κ2) is 14.9. The molecule has 3 saturated heterocycles. The van der Waals surface area contributed by atoms with Crippen molar-refractivity contribution in [2.75, 3.05) is 39.8 Å².